The van der Waals surface area contributed by atoms with Crippen molar-refractivity contribution in [1.82, 2.24) is 0 Å². The summed E-state index contributed by atoms with van der Waals surface area (Å²) in [6.07, 6.45) is 0.903. The predicted molar refractivity (Wildman–Crippen MR) is 59.4 cm³/mol. The molecule has 19 heavy (non-hydrogen) atoms. The normalized spacial score (nSPS) is 32.4. The van der Waals surface area contributed by atoms with E-state index in [1.165, 1.54) is 0 Å². The molecule has 7 heteroatoms. The second kappa shape index (κ2) is 5.00. The molecule has 2 rings (SSSR count). The van der Waals surface area contributed by atoms with Crippen molar-refractivity contribution in [3.05, 3.63) is 12.7 Å². The van der Waals surface area contributed by atoms with Crippen molar-refractivity contribution in [3.63, 3.8) is 0 Å². The number of rotatable bonds is 4. The lowest BCUT2D eigenvalue weighted by Crippen LogP contribution is -2.48. The zero-order valence-corrected chi connectivity index (χ0v) is 10.2. The van der Waals surface area contributed by atoms with Crippen LogP contribution in [0.2, 0.25) is 0 Å². The summed E-state index contributed by atoms with van der Waals surface area (Å²) in [5.74, 6) is -4.11. The molecule has 2 aliphatic rings. The molecule has 2 bridgehead atoms. The van der Waals surface area contributed by atoms with Crippen LogP contribution >= 0.6 is 0 Å². The fourth-order valence-electron chi connectivity index (χ4n) is 2.23. The van der Waals surface area contributed by atoms with Crippen LogP contribution in [0.25, 0.3) is 0 Å². The average molecular weight is 270 g/mol. The van der Waals surface area contributed by atoms with Gasteiger partial charge in [-0.2, -0.15) is 0 Å². The van der Waals surface area contributed by atoms with Crippen LogP contribution in [0.1, 0.15) is 19.3 Å². The van der Waals surface area contributed by atoms with Crippen molar-refractivity contribution in [2.45, 2.75) is 31.2 Å². The Kier molecular flexibility index (Phi) is 3.57. The van der Waals surface area contributed by atoms with Crippen LogP contribution in [-0.4, -0.2) is 41.5 Å². The summed E-state index contributed by atoms with van der Waals surface area (Å²) in [4.78, 5) is 33.6. The minimum absolute atomic E-state index is 0.120. The van der Waals surface area contributed by atoms with Gasteiger partial charge in [0.05, 0.1) is 5.92 Å². The zero-order valence-electron chi connectivity index (χ0n) is 10.2. The smallest absolute Gasteiger partial charge is 0.346 e. The Bertz CT molecular complexity index is 430. The molecule has 104 valence electrons. The molecule has 7 nitrogen and oxygen atoms in total. The van der Waals surface area contributed by atoms with E-state index in [-0.39, 0.29) is 18.3 Å². The highest BCUT2D eigenvalue weighted by atomic mass is 16.7. The van der Waals surface area contributed by atoms with Gasteiger partial charge < -0.3 is 19.3 Å². The molecule has 0 aromatic heterocycles. The highest BCUT2D eigenvalue weighted by Crippen LogP contribution is 2.41. The van der Waals surface area contributed by atoms with Gasteiger partial charge in [0.1, 0.15) is 0 Å². The van der Waals surface area contributed by atoms with Gasteiger partial charge in [-0.25, -0.2) is 9.59 Å². The van der Waals surface area contributed by atoms with E-state index in [0.29, 0.717) is 12.8 Å². The minimum Gasteiger partial charge on any atom is -0.455 e. The molecule has 0 spiro atoms. The van der Waals surface area contributed by atoms with Crippen LogP contribution in [0.4, 0.5) is 0 Å². The van der Waals surface area contributed by atoms with E-state index in [4.69, 9.17) is 9.47 Å². The maximum absolute atomic E-state index is 11.5. The summed E-state index contributed by atoms with van der Waals surface area (Å²) in [7, 11) is 0. The third-order valence-corrected chi connectivity index (χ3v) is 3.23. The molecule has 1 aliphatic carbocycles. The predicted octanol–water partition coefficient (Wildman–Crippen LogP) is -0.327. The molecule has 3 unspecified atom stereocenters. The molecule has 0 amide bonds. The molecular formula is C12H14O7. The molecule has 2 fully saturated rings. The monoisotopic (exact) mass is 270 g/mol. The Morgan fingerprint density at radius 3 is 3.00 bits per heavy atom. The average Bonchev–Trinajstić information content (AvgIpc) is 2.70. The van der Waals surface area contributed by atoms with Crippen molar-refractivity contribution >= 4 is 17.9 Å². The number of hydrogen-bond donors (Lipinski definition) is 1. The van der Waals surface area contributed by atoms with Crippen LogP contribution < -0.4 is 0 Å². The first-order valence-corrected chi connectivity index (χ1v) is 5.88. The summed E-state index contributed by atoms with van der Waals surface area (Å²) in [6.45, 7) is 2.55. The van der Waals surface area contributed by atoms with Gasteiger partial charge >= 0.3 is 17.9 Å². The van der Waals surface area contributed by atoms with Gasteiger partial charge in [-0.15, -0.1) is 0 Å². The lowest BCUT2D eigenvalue weighted by Gasteiger charge is -2.34. The van der Waals surface area contributed by atoms with E-state index in [9.17, 15) is 19.5 Å². The van der Waals surface area contributed by atoms with E-state index in [1.54, 1.807) is 0 Å². The lowest BCUT2D eigenvalue weighted by atomic mass is 9.86. The molecule has 1 N–H and O–H groups in total. The number of aliphatic hydroxyl groups is 1. The van der Waals surface area contributed by atoms with Crippen LogP contribution in [0.15, 0.2) is 12.7 Å². The number of esters is 3. The van der Waals surface area contributed by atoms with E-state index < -0.39 is 30.4 Å². The van der Waals surface area contributed by atoms with E-state index in [1.807, 2.05) is 0 Å². The minimum atomic E-state index is -1.83. The number of ether oxygens (including phenoxy) is 3. The van der Waals surface area contributed by atoms with Gasteiger partial charge in [0.25, 0.3) is 0 Å². The first-order chi connectivity index (χ1) is 8.94. The van der Waals surface area contributed by atoms with Gasteiger partial charge in [0.2, 0.25) is 5.79 Å². The summed E-state index contributed by atoms with van der Waals surface area (Å²) in [6, 6.07) is 0. The van der Waals surface area contributed by atoms with E-state index in [0.717, 1.165) is 6.08 Å². The van der Waals surface area contributed by atoms with Gasteiger partial charge in [-0.1, -0.05) is 6.58 Å². The lowest BCUT2D eigenvalue weighted by molar-refractivity contribution is -0.254. The molecule has 1 heterocycles. The Hall–Kier alpha value is -1.89. The molecule has 0 aromatic carbocycles. The summed E-state index contributed by atoms with van der Waals surface area (Å²) < 4.78 is 14.3. The summed E-state index contributed by atoms with van der Waals surface area (Å²) in [5, 5.41) is 10.2. The SMILES string of the molecule is C=CC(=O)OCC(=O)OC1(O)CCC2CC1OC2=O. The highest BCUT2D eigenvalue weighted by Gasteiger charge is 2.54. The number of carbonyl (C=O) groups is 3. The van der Waals surface area contributed by atoms with Crippen LogP contribution in [-0.2, 0) is 28.6 Å². The van der Waals surface area contributed by atoms with E-state index >= 15 is 0 Å². The van der Waals surface area contributed by atoms with Crippen molar-refractivity contribution in [1.29, 1.82) is 0 Å². The molecule has 1 aliphatic heterocycles. The number of carbonyl (C=O) groups excluding carboxylic acids is 3. The van der Waals surface area contributed by atoms with E-state index in [2.05, 4.69) is 11.3 Å². The standard InChI is InChI=1S/C12H14O7/c1-2-9(13)17-6-10(14)19-12(16)4-3-7-5-8(12)18-11(7)15/h2,7-8,16H,1,3-6H2. The highest BCUT2D eigenvalue weighted by molar-refractivity contribution is 5.83. The quantitative estimate of drug-likeness (QED) is 0.323. The van der Waals surface area contributed by atoms with Crippen molar-refractivity contribution in [2.24, 2.45) is 5.92 Å². The van der Waals surface area contributed by atoms with Crippen molar-refractivity contribution in [3.8, 4) is 0 Å². The second-order valence-electron chi connectivity index (χ2n) is 4.53. The second-order valence-corrected chi connectivity index (χ2v) is 4.53. The summed E-state index contributed by atoms with van der Waals surface area (Å²) >= 11 is 0. The van der Waals surface area contributed by atoms with Gasteiger partial charge in [0, 0.05) is 18.9 Å². The number of fused-ring (bicyclic) bond motifs is 2. The Morgan fingerprint density at radius 2 is 2.32 bits per heavy atom. The molecule has 1 saturated carbocycles. The van der Waals surface area contributed by atoms with Crippen LogP contribution in [0.3, 0.4) is 0 Å². The van der Waals surface area contributed by atoms with Crippen molar-refractivity contribution < 1.29 is 33.7 Å². The van der Waals surface area contributed by atoms with Crippen molar-refractivity contribution in [2.75, 3.05) is 6.61 Å². The maximum atomic E-state index is 11.5. The van der Waals surface area contributed by atoms with Gasteiger partial charge in [0.15, 0.2) is 12.7 Å². The third-order valence-electron chi connectivity index (χ3n) is 3.23. The van der Waals surface area contributed by atoms with Crippen LogP contribution in [0, 0.1) is 5.92 Å². The van der Waals surface area contributed by atoms with Gasteiger partial charge in [-0.05, 0) is 6.42 Å². The van der Waals surface area contributed by atoms with Gasteiger partial charge in [-0.3, -0.25) is 4.79 Å². The fourth-order valence-corrected chi connectivity index (χ4v) is 2.23. The largest absolute Gasteiger partial charge is 0.455 e. The maximum Gasteiger partial charge on any atom is 0.346 e. The topological polar surface area (TPSA) is 99.1 Å². The number of hydrogen-bond acceptors (Lipinski definition) is 7. The Labute approximate surface area is 109 Å². The fraction of sp³-hybridized carbons (Fsp3) is 0.583. The molecule has 3 atom stereocenters. The Morgan fingerprint density at radius 1 is 1.58 bits per heavy atom. The molecular weight excluding hydrogens is 256 g/mol. The molecule has 1 saturated heterocycles. The first kappa shape index (κ1) is 13.5. The zero-order chi connectivity index (χ0) is 14.0. The van der Waals surface area contributed by atoms with Crippen LogP contribution in [0.5, 0.6) is 0 Å². The first-order valence-electron chi connectivity index (χ1n) is 5.88. The third kappa shape index (κ3) is 2.76. The molecule has 0 aromatic rings. The molecule has 0 radical (unpaired) electrons. The summed E-state index contributed by atoms with van der Waals surface area (Å²) in [5.41, 5.74) is 0. The Balaban J connectivity index is 1.91.